The van der Waals surface area contributed by atoms with Crippen LogP contribution in [0.5, 0.6) is 0 Å². The summed E-state index contributed by atoms with van der Waals surface area (Å²) in [5, 5.41) is 3.02. The number of carbonyl (C=O) groups is 2. The predicted molar refractivity (Wildman–Crippen MR) is 114 cm³/mol. The predicted octanol–water partition coefficient (Wildman–Crippen LogP) is 3.36. The van der Waals surface area contributed by atoms with Crippen LogP contribution < -0.4 is 5.32 Å². The van der Waals surface area contributed by atoms with Gasteiger partial charge in [0.2, 0.25) is 10.0 Å². The number of ether oxygens (including phenoxy) is 1. The first-order valence-corrected chi connectivity index (χ1v) is 12.3. The van der Waals surface area contributed by atoms with Crippen molar-refractivity contribution >= 4 is 33.5 Å². The molecular formula is C21H29ClN2O5S. The number of benzene rings is 1. The molecule has 1 heterocycles. The standard InChI is InChI=1S/C21H29ClN2O5S/c1-14-7-3-4-8-18(14)23-20(25)15(2)29-21(26)16-9-10-17(22)19(13-16)30(27,28)24-11-5-6-12-24/h9-10,13-15,18H,3-8,11-12H2,1-2H3,(H,23,25)/t14-,15+,18-/m1/s1. The first kappa shape index (κ1) is 23.0. The number of rotatable bonds is 6. The van der Waals surface area contributed by atoms with Crippen LogP contribution in [0.3, 0.4) is 0 Å². The average molecular weight is 457 g/mol. The minimum atomic E-state index is -3.78. The van der Waals surface area contributed by atoms with E-state index < -0.39 is 22.1 Å². The van der Waals surface area contributed by atoms with E-state index in [0.717, 1.165) is 38.5 Å². The van der Waals surface area contributed by atoms with Crippen LogP contribution in [-0.2, 0) is 19.6 Å². The summed E-state index contributed by atoms with van der Waals surface area (Å²) < 4.78 is 32.3. The lowest BCUT2D eigenvalue weighted by Crippen LogP contribution is -2.46. The highest BCUT2D eigenvalue weighted by Gasteiger charge is 2.31. The Hall–Kier alpha value is -1.64. The normalized spacial score (nSPS) is 23.7. The first-order valence-electron chi connectivity index (χ1n) is 10.5. The molecular weight excluding hydrogens is 428 g/mol. The van der Waals surface area contributed by atoms with Crippen molar-refractivity contribution < 1.29 is 22.7 Å². The van der Waals surface area contributed by atoms with Gasteiger partial charge in [0.25, 0.3) is 5.91 Å². The van der Waals surface area contributed by atoms with Crippen LogP contribution >= 0.6 is 11.6 Å². The Labute approximate surface area is 183 Å². The Bertz CT molecular complexity index is 899. The number of hydrogen-bond donors (Lipinski definition) is 1. The molecule has 9 heteroatoms. The first-order chi connectivity index (χ1) is 14.2. The second-order valence-corrected chi connectivity index (χ2v) is 10.5. The smallest absolute Gasteiger partial charge is 0.338 e. The monoisotopic (exact) mass is 456 g/mol. The van der Waals surface area contributed by atoms with Crippen LogP contribution in [0.1, 0.15) is 62.7 Å². The molecule has 1 saturated carbocycles. The molecule has 0 spiro atoms. The molecule has 1 aromatic rings. The van der Waals surface area contributed by atoms with Gasteiger partial charge in [0.1, 0.15) is 4.90 Å². The van der Waals surface area contributed by atoms with Crippen molar-refractivity contribution in [2.45, 2.75) is 69.4 Å². The van der Waals surface area contributed by atoms with E-state index in [0.29, 0.717) is 19.0 Å². The molecule has 1 N–H and O–H groups in total. The molecule has 3 atom stereocenters. The van der Waals surface area contributed by atoms with Gasteiger partial charge >= 0.3 is 5.97 Å². The van der Waals surface area contributed by atoms with Crippen LogP contribution in [0.2, 0.25) is 5.02 Å². The number of nitrogens with one attached hydrogen (secondary N) is 1. The van der Waals surface area contributed by atoms with E-state index in [9.17, 15) is 18.0 Å². The second-order valence-electron chi connectivity index (χ2n) is 8.18. The van der Waals surface area contributed by atoms with E-state index in [1.807, 2.05) is 0 Å². The molecule has 0 unspecified atom stereocenters. The zero-order valence-electron chi connectivity index (χ0n) is 17.4. The number of sulfonamides is 1. The van der Waals surface area contributed by atoms with E-state index in [-0.39, 0.29) is 27.4 Å². The van der Waals surface area contributed by atoms with Gasteiger partial charge < -0.3 is 10.1 Å². The highest BCUT2D eigenvalue weighted by atomic mass is 35.5. The molecule has 1 aliphatic heterocycles. The number of hydrogen-bond acceptors (Lipinski definition) is 5. The summed E-state index contributed by atoms with van der Waals surface area (Å²) in [7, 11) is -3.78. The summed E-state index contributed by atoms with van der Waals surface area (Å²) in [6.45, 7) is 4.49. The maximum absolute atomic E-state index is 12.8. The summed E-state index contributed by atoms with van der Waals surface area (Å²) in [6, 6.07) is 4.09. The Morgan fingerprint density at radius 1 is 1.17 bits per heavy atom. The number of halogens is 1. The maximum Gasteiger partial charge on any atom is 0.338 e. The van der Waals surface area contributed by atoms with Crippen LogP contribution in [0.4, 0.5) is 0 Å². The summed E-state index contributed by atoms with van der Waals surface area (Å²) in [5.41, 5.74) is 0.0443. The molecule has 0 aromatic heterocycles. The second kappa shape index (κ2) is 9.66. The van der Waals surface area contributed by atoms with Gasteiger partial charge in [-0.25, -0.2) is 13.2 Å². The Morgan fingerprint density at radius 2 is 1.83 bits per heavy atom. The fourth-order valence-corrected chi connectivity index (χ4v) is 6.03. The molecule has 2 aliphatic rings. The van der Waals surface area contributed by atoms with Gasteiger partial charge in [0.15, 0.2) is 6.10 Å². The van der Waals surface area contributed by atoms with Crippen LogP contribution in [0.25, 0.3) is 0 Å². The van der Waals surface area contributed by atoms with Gasteiger partial charge in [-0.1, -0.05) is 31.4 Å². The van der Waals surface area contributed by atoms with Crippen molar-refractivity contribution in [3.05, 3.63) is 28.8 Å². The molecule has 7 nitrogen and oxygen atoms in total. The van der Waals surface area contributed by atoms with Crippen LogP contribution in [-0.4, -0.2) is 49.8 Å². The highest BCUT2D eigenvalue weighted by Crippen LogP contribution is 2.28. The topological polar surface area (TPSA) is 92.8 Å². The fraction of sp³-hybridized carbons (Fsp3) is 0.619. The Balaban J connectivity index is 1.68. The van der Waals surface area contributed by atoms with Crippen molar-refractivity contribution in [3.63, 3.8) is 0 Å². The SMILES string of the molecule is C[C@H](OC(=O)c1ccc(Cl)c(S(=O)(=O)N2CCCC2)c1)C(=O)N[C@@H]1CCCC[C@H]1C. The third-order valence-electron chi connectivity index (χ3n) is 5.94. The molecule has 2 fully saturated rings. The van der Waals surface area contributed by atoms with E-state index in [2.05, 4.69) is 12.2 Å². The van der Waals surface area contributed by atoms with Crippen LogP contribution in [0, 0.1) is 5.92 Å². The summed E-state index contributed by atoms with van der Waals surface area (Å²) in [6.07, 6.45) is 4.83. The van der Waals surface area contributed by atoms with Crippen molar-refractivity contribution in [3.8, 4) is 0 Å². The maximum atomic E-state index is 12.8. The van der Waals surface area contributed by atoms with Crippen molar-refractivity contribution in [2.75, 3.05) is 13.1 Å². The van der Waals surface area contributed by atoms with E-state index in [4.69, 9.17) is 16.3 Å². The molecule has 1 aliphatic carbocycles. The van der Waals surface area contributed by atoms with Gasteiger partial charge in [-0.2, -0.15) is 4.31 Å². The van der Waals surface area contributed by atoms with E-state index in [1.54, 1.807) is 0 Å². The zero-order chi connectivity index (χ0) is 21.9. The molecule has 1 amide bonds. The molecule has 0 radical (unpaired) electrons. The van der Waals surface area contributed by atoms with Crippen LogP contribution in [0.15, 0.2) is 23.1 Å². The van der Waals surface area contributed by atoms with Crippen molar-refractivity contribution in [2.24, 2.45) is 5.92 Å². The average Bonchev–Trinajstić information content (AvgIpc) is 3.25. The molecule has 3 rings (SSSR count). The lowest BCUT2D eigenvalue weighted by Gasteiger charge is -2.30. The van der Waals surface area contributed by atoms with Gasteiger partial charge in [-0.3, -0.25) is 4.79 Å². The minimum absolute atomic E-state index is 0.0443. The summed E-state index contributed by atoms with van der Waals surface area (Å²) in [4.78, 5) is 24.9. The number of carbonyl (C=O) groups excluding carboxylic acids is 2. The van der Waals surface area contributed by atoms with E-state index >= 15 is 0 Å². The quantitative estimate of drug-likeness (QED) is 0.662. The highest BCUT2D eigenvalue weighted by molar-refractivity contribution is 7.89. The number of amides is 1. The fourth-order valence-electron chi connectivity index (χ4n) is 4.01. The third-order valence-corrected chi connectivity index (χ3v) is 8.32. The van der Waals surface area contributed by atoms with Crippen molar-refractivity contribution in [1.29, 1.82) is 0 Å². The Morgan fingerprint density at radius 3 is 2.50 bits per heavy atom. The lowest BCUT2D eigenvalue weighted by molar-refractivity contribution is -0.130. The van der Waals surface area contributed by atoms with Gasteiger partial charge in [-0.05, 0) is 56.7 Å². The van der Waals surface area contributed by atoms with E-state index in [1.165, 1.54) is 29.4 Å². The lowest BCUT2D eigenvalue weighted by atomic mass is 9.86. The zero-order valence-corrected chi connectivity index (χ0v) is 19.0. The molecule has 1 aromatic carbocycles. The Kier molecular flexibility index (Phi) is 7.42. The number of nitrogens with zero attached hydrogens (tertiary/aromatic N) is 1. The summed E-state index contributed by atoms with van der Waals surface area (Å²) in [5.74, 6) is -0.718. The molecule has 0 bridgehead atoms. The minimum Gasteiger partial charge on any atom is -0.449 e. The van der Waals surface area contributed by atoms with Crippen molar-refractivity contribution in [1.82, 2.24) is 9.62 Å². The summed E-state index contributed by atoms with van der Waals surface area (Å²) >= 11 is 6.12. The van der Waals surface area contributed by atoms with Gasteiger partial charge in [-0.15, -0.1) is 0 Å². The number of esters is 1. The largest absolute Gasteiger partial charge is 0.449 e. The molecule has 30 heavy (non-hydrogen) atoms. The van der Waals surface area contributed by atoms with Gasteiger partial charge in [0, 0.05) is 19.1 Å². The molecule has 1 saturated heterocycles. The van der Waals surface area contributed by atoms with Gasteiger partial charge in [0.05, 0.1) is 10.6 Å². The third kappa shape index (κ3) is 5.15. The molecule has 166 valence electrons.